The summed E-state index contributed by atoms with van der Waals surface area (Å²) in [6.07, 6.45) is 0. The first-order chi connectivity index (χ1) is 6.09. The maximum absolute atomic E-state index is 11.2. The predicted molar refractivity (Wildman–Crippen MR) is 51.6 cm³/mol. The van der Waals surface area contributed by atoms with Crippen LogP contribution in [-0.2, 0) is 4.79 Å². The summed E-state index contributed by atoms with van der Waals surface area (Å²) in [4.78, 5) is 11.2. The van der Waals surface area contributed by atoms with Gasteiger partial charge in [-0.3, -0.25) is 4.79 Å². The number of rotatable bonds is 2. The highest BCUT2D eigenvalue weighted by molar-refractivity contribution is 5.92. The zero-order valence-corrected chi connectivity index (χ0v) is 7.74. The maximum Gasteiger partial charge on any atom is 0.226 e. The maximum atomic E-state index is 11.2. The van der Waals surface area contributed by atoms with Crippen LogP contribution >= 0.6 is 0 Å². The van der Waals surface area contributed by atoms with Gasteiger partial charge in [0, 0.05) is 11.6 Å². The molecule has 0 radical (unpaired) electrons. The van der Waals surface area contributed by atoms with E-state index in [-0.39, 0.29) is 17.6 Å². The Labute approximate surface area is 77.4 Å². The van der Waals surface area contributed by atoms with Gasteiger partial charge in [0.15, 0.2) is 0 Å². The fourth-order valence-corrected chi connectivity index (χ4v) is 0.831. The van der Waals surface area contributed by atoms with Crippen molar-refractivity contribution >= 4 is 11.6 Å². The van der Waals surface area contributed by atoms with Crippen molar-refractivity contribution in [2.75, 3.05) is 5.32 Å². The molecule has 1 amide bonds. The van der Waals surface area contributed by atoms with Crippen molar-refractivity contribution in [3.63, 3.8) is 0 Å². The minimum Gasteiger partial charge on any atom is -0.508 e. The van der Waals surface area contributed by atoms with Gasteiger partial charge in [0.2, 0.25) is 5.91 Å². The quantitative estimate of drug-likeness (QED) is 0.682. The average molecular weight is 179 g/mol. The van der Waals surface area contributed by atoms with Crippen molar-refractivity contribution in [3.05, 3.63) is 24.3 Å². The molecule has 0 spiro atoms. The Hall–Kier alpha value is -1.51. The summed E-state index contributed by atoms with van der Waals surface area (Å²) in [5, 5.41) is 11.7. The summed E-state index contributed by atoms with van der Waals surface area (Å²) >= 11 is 0. The lowest BCUT2D eigenvalue weighted by molar-refractivity contribution is -0.118. The number of amides is 1. The molecule has 3 heteroatoms. The standard InChI is InChI=1S/C10H13NO2/c1-7(2)10(13)11-8-3-5-9(12)6-4-8/h3-7,12H,1-2H3,(H,11,13). The van der Waals surface area contributed by atoms with Gasteiger partial charge in [-0.05, 0) is 24.3 Å². The van der Waals surface area contributed by atoms with Crippen LogP contribution in [-0.4, -0.2) is 11.0 Å². The van der Waals surface area contributed by atoms with E-state index in [9.17, 15) is 4.79 Å². The van der Waals surface area contributed by atoms with Crippen LogP contribution in [0.25, 0.3) is 0 Å². The van der Waals surface area contributed by atoms with E-state index in [2.05, 4.69) is 5.32 Å². The van der Waals surface area contributed by atoms with Crippen LogP contribution in [0.15, 0.2) is 24.3 Å². The Morgan fingerprint density at radius 3 is 2.31 bits per heavy atom. The average Bonchev–Trinajstić information content (AvgIpc) is 2.08. The van der Waals surface area contributed by atoms with Gasteiger partial charge in [-0.15, -0.1) is 0 Å². The van der Waals surface area contributed by atoms with E-state index >= 15 is 0 Å². The Balaban J connectivity index is 2.65. The third-order valence-corrected chi connectivity index (χ3v) is 1.66. The molecule has 1 rings (SSSR count). The monoisotopic (exact) mass is 179 g/mol. The normalized spacial score (nSPS) is 10.1. The van der Waals surface area contributed by atoms with Crippen LogP contribution in [0.5, 0.6) is 5.75 Å². The zero-order valence-electron chi connectivity index (χ0n) is 7.74. The molecule has 0 aliphatic carbocycles. The van der Waals surface area contributed by atoms with Crippen molar-refractivity contribution < 1.29 is 9.90 Å². The highest BCUT2D eigenvalue weighted by atomic mass is 16.3. The fraction of sp³-hybridized carbons (Fsp3) is 0.300. The van der Waals surface area contributed by atoms with Crippen LogP contribution in [0.3, 0.4) is 0 Å². The van der Waals surface area contributed by atoms with E-state index in [1.54, 1.807) is 12.1 Å². The van der Waals surface area contributed by atoms with Crippen LogP contribution in [0.2, 0.25) is 0 Å². The lowest BCUT2D eigenvalue weighted by atomic mass is 10.2. The summed E-state index contributed by atoms with van der Waals surface area (Å²) in [7, 11) is 0. The third-order valence-electron chi connectivity index (χ3n) is 1.66. The minimum absolute atomic E-state index is 0.0225. The molecule has 70 valence electrons. The van der Waals surface area contributed by atoms with Gasteiger partial charge in [0.1, 0.15) is 5.75 Å². The SMILES string of the molecule is CC(C)C(=O)Nc1ccc(O)cc1. The molecular weight excluding hydrogens is 166 g/mol. The molecule has 0 bridgehead atoms. The number of benzene rings is 1. The van der Waals surface area contributed by atoms with Crippen LogP contribution in [0, 0.1) is 5.92 Å². The number of hydrogen-bond acceptors (Lipinski definition) is 2. The Morgan fingerprint density at radius 2 is 1.85 bits per heavy atom. The molecule has 0 atom stereocenters. The highest BCUT2D eigenvalue weighted by Crippen LogP contribution is 2.14. The largest absolute Gasteiger partial charge is 0.508 e. The number of phenolic OH excluding ortho intramolecular Hbond substituents is 1. The van der Waals surface area contributed by atoms with Gasteiger partial charge in [-0.1, -0.05) is 13.8 Å². The topological polar surface area (TPSA) is 49.3 Å². The van der Waals surface area contributed by atoms with Crippen molar-refractivity contribution in [2.45, 2.75) is 13.8 Å². The molecule has 0 aliphatic heterocycles. The van der Waals surface area contributed by atoms with Crippen molar-refractivity contribution in [3.8, 4) is 5.75 Å². The minimum atomic E-state index is -0.0335. The number of phenols is 1. The molecule has 0 saturated heterocycles. The van der Waals surface area contributed by atoms with Gasteiger partial charge < -0.3 is 10.4 Å². The lowest BCUT2D eigenvalue weighted by Gasteiger charge is -2.06. The van der Waals surface area contributed by atoms with Crippen LogP contribution < -0.4 is 5.32 Å². The van der Waals surface area contributed by atoms with E-state index in [4.69, 9.17) is 5.11 Å². The second kappa shape index (κ2) is 3.94. The molecule has 0 aromatic heterocycles. The molecule has 0 aliphatic rings. The van der Waals surface area contributed by atoms with Crippen molar-refractivity contribution in [1.82, 2.24) is 0 Å². The van der Waals surface area contributed by atoms with Gasteiger partial charge >= 0.3 is 0 Å². The Bertz CT molecular complexity index is 290. The van der Waals surface area contributed by atoms with E-state index in [0.717, 1.165) is 0 Å². The first-order valence-electron chi connectivity index (χ1n) is 4.19. The summed E-state index contributed by atoms with van der Waals surface area (Å²) in [5.41, 5.74) is 0.705. The molecule has 1 aromatic carbocycles. The van der Waals surface area contributed by atoms with Gasteiger partial charge in [-0.25, -0.2) is 0 Å². The number of anilines is 1. The Morgan fingerprint density at radius 1 is 1.31 bits per heavy atom. The molecule has 0 saturated carbocycles. The number of carbonyl (C=O) groups excluding carboxylic acids is 1. The van der Waals surface area contributed by atoms with E-state index < -0.39 is 0 Å². The number of hydrogen-bond donors (Lipinski definition) is 2. The van der Waals surface area contributed by atoms with Crippen molar-refractivity contribution in [1.29, 1.82) is 0 Å². The summed E-state index contributed by atoms with van der Waals surface area (Å²) in [6, 6.07) is 6.40. The molecule has 0 unspecified atom stereocenters. The first-order valence-corrected chi connectivity index (χ1v) is 4.19. The van der Waals surface area contributed by atoms with E-state index in [1.165, 1.54) is 12.1 Å². The second-order valence-corrected chi connectivity index (χ2v) is 3.19. The number of carbonyl (C=O) groups is 1. The molecule has 2 N–H and O–H groups in total. The summed E-state index contributed by atoms with van der Waals surface area (Å²) in [6.45, 7) is 3.66. The van der Waals surface area contributed by atoms with Crippen molar-refractivity contribution in [2.24, 2.45) is 5.92 Å². The number of nitrogens with one attached hydrogen (secondary N) is 1. The first kappa shape index (κ1) is 9.58. The molecule has 0 heterocycles. The Kier molecular flexibility index (Phi) is 2.90. The summed E-state index contributed by atoms with van der Waals surface area (Å²) < 4.78 is 0. The second-order valence-electron chi connectivity index (χ2n) is 3.19. The molecule has 1 aromatic rings. The van der Waals surface area contributed by atoms with Gasteiger partial charge in [0.25, 0.3) is 0 Å². The van der Waals surface area contributed by atoms with E-state index in [1.807, 2.05) is 13.8 Å². The zero-order chi connectivity index (χ0) is 9.84. The molecule has 0 fully saturated rings. The van der Waals surface area contributed by atoms with Gasteiger partial charge in [0.05, 0.1) is 0 Å². The molecule has 3 nitrogen and oxygen atoms in total. The summed E-state index contributed by atoms with van der Waals surface area (Å²) in [5.74, 6) is 0.141. The third kappa shape index (κ3) is 2.78. The molecule has 13 heavy (non-hydrogen) atoms. The highest BCUT2D eigenvalue weighted by Gasteiger charge is 2.06. The van der Waals surface area contributed by atoms with E-state index in [0.29, 0.717) is 5.69 Å². The van der Waals surface area contributed by atoms with Crippen LogP contribution in [0.4, 0.5) is 5.69 Å². The fourth-order valence-electron chi connectivity index (χ4n) is 0.831. The van der Waals surface area contributed by atoms with Crippen LogP contribution in [0.1, 0.15) is 13.8 Å². The predicted octanol–water partition coefficient (Wildman–Crippen LogP) is 1.99. The smallest absolute Gasteiger partial charge is 0.226 e. The van der Waals surface area contributed by atoms with Gasteiger partial charge in [-0.2, -0.15) is 0 Å². The number of aromatic hydroxyl groups is 1. The lowest BCUT2D eigenvalue weighted by Crippen LogP contribution is -2.17. The molecular formula is C10H13NO2.